The maximum absolute atomic E-state index is 3.02. The standard InChI is InChI=1S/C8H5Br.Mg.2H/c9-7-6-8-4-2-1-3-5-8;;;/h1-5H;;;. The van der Waals surface area contributed by atoms with Crippen molar-refractivity contribution in [2.24, 2.45) is 0 Å². The molecule has 2 heteroatoms. The molecule has 10 heavy (non-hydrogen) atoms. The zero-order chi connectivity index (χ0) is 6.53. The molecule has 0 aliphatic rings. The summed E-state index contributed by atoms with van der Waals surface area (Å²) in [5.41, 5.74) is 1.04. The molecule has 0 bridgehead atoms. The van der Waals surface area contributed by atoms with Gasteiger partial charge in [-0.05, 0) is 17.0 Å². The van der Waals surface area contributed by atoms with Gasteiger partial charge in [0.1, 0.15) is 0 Å². The third-order valence-corrected chi connectivity index (χ3v) is 1.16. The van der Waals surface area contributed by atoms with Crippen molar-refractivity contribution < 1.29 is 0 Å². The summed E-state index contributed by atoms with van der Waals surface area (Å²) in [7, 11) is 0. The second kappa shape index (κ2) is 5.78. The van der Waals surface area contributed by atoms with Gasteiger partial charge in [0, 0.05) is 21.5 Å². The Morgan fingerprint density at radius 1 is 1.10 bits per heavy atom. The normalized spacial score (nSPS) is 6.90. The van der Waals surface area contributed by atoms with E-state index in [2.05, 4.69) is 26.7 Å². The van der Waals surface area contributed by atoms with E-state index in [1.165, 1.54) is 0 Å². The SMILES string of the molecule is BrC#Cc1ccccc1.[MgH2]. The van der Waals surface area contributed by atoms with E-state index in [1.54, 1.807) is 0 Å². The highest BCUT2D eigenvalue weighted by Gasteiger charge is 1.77. The van der Waals surface area contributed by atoms with Gasteiger partial charge < -0.3 is 0 Å². The van der Waals surface area contributed by atoms with Gasteiger partial charge >= 0.3 is 23.1 Å². The number of hydrogen-bond donors (Lipinski definition) is 0. The largest absolute Gasteiger partial charge is 0.316 e. The van der Waals surface area contributed by atoms with Crippen molar-refractivity contribution in [2.45, 2.75) is 0 Å². The number of rotatable bonds is 0. The van der Waals surface area contributed by atoms with Gasteiger partial charge in [-0.15, -0.1) is 0 Å². The Labute approximate surface area is 85.3 Å². The van der Waals surface area contributed by atoms with E-state index < -0.39 is 0 Å². The molecule has 0 saturated carbocycles. The Morgan fingerprint density at radius 3 is 2.20 bits per heavy atom. The van der Waals surface area contributed by atoms with Gasteiger partial charge in [0.15, 0.2) is 0 Å². The minimum atomic E-state index is 0. The zero-order valence-corrected chi connectivity index (χ0v) is 6.35. The lowest BCUT2D eigenvalue weighted by Gasteiger charge is -1.83. The van der Waals surface area contributed by atoms with Crippen LogP contribution in [0.25, 0.3) is 0 Å². The van der Waals surface area contributed by atoms with Gasteiger partial charge in [-0.25, -0.2) is 0 Å². The Bertz CT molecular complexity index is 232. The van der Waals surface area contributed by atoms with E-state index in [0.29, 0.717) is 0 Å². The third kappa shape index (κ3) is 3.26. The molecule has 0 N–H and O–H groups in total. The molecule has 48 valence electrons. The van der Waals surface area contributed by atoms with Crippen LogP contribution in [0.15, 0.2) is 30.3 Å². The molecule has 0 nitrogen and oxygen atoms in total. The second-order valence-corrected chi connectivity index (χ2v) is 1.98. The van der Waals surface area contributed by atoms with Gasteiger partial charge in [-0.2, -0.15) is 0 Å². The summed E-state index contributed by atoms with van der Waals surface area (Å²) >= 11 is 3.02. The third-order valence-electron chi connectivity index (χ3n) is 0.965. The molecule has 1 aromatic rings. The Hall–Kier alpha value is 0.0262. The maximum atomic E-state index is 3.02. The molecular formula is C8H7BrMg. The number of halogens is 1. The van der Waals surface area contributed by atoms with Crippen molar-refractivity contribution in [3.05, 3.63) is 35.9 Å². The average molecular weight is 207 g/mol. The molecule has 0 fully saturated rings. The summed E-state index contributed by atoms with van der Waals surface area (Å²) in [4.78, 5) is 2.65. The monoisotopic (exact) mass is 206 g/mol. The van der Waals surface area contributed by atoms with Crippen molar-refractivity contribution >= 4 is 39.0 Å². The summed E-state index contributed by atoms with van der Waals surface area (Å²) in [6.45, 7) is 0. The fraction of sp³-hybridized carbons (Fsp3) is 0. The summed E-state index contributed by atoms with van der Waals surface area (Å²) in [5.74, 6) is 2.87. The Kier molecular flexibility index (Phi) is 5.80. The maximum Gasteiger partial charge on any atom is 0.316 e. The predicted molar refractivity (Wildman–Crippen MR) is 50.8 cm³/mol. The number of hydrogen-bond acceptors (Lipinski definition) is 0. The van der Waals surface area contributed by atoms with Crippen LogP contribution < -0.4 is 0 Å². The van der Waals surface area contributed by atoms with E-state index in [4.69, 9.17) is 0 Å². The topological polar surface area (TPSA) is 0 Å². The van der Waals surface area contributed by atoms with Crippen LogP contribution in [0, 0.1) is 10.8 Å². The highest BCUT2D eigenvalue weighted by Crippen LogP contribution is 1.94. The molecule has 1 rings (SSSR count). The molecule has 0 radical (unpaired) electrons. The first-order valence-corrected chi connectivity index (χ1v) is 3.39. The van der Waals surface area contributed by atoms with Crippen LogP contribution in [0.2, 0.25) is 0 Å². The lowest BCUT2D eigenvalue weighted by Crippen LogP contribution is -1.67. The quantitative estimate of drug-likeness (QED) is 0.446. The van der Waals surface area contributed by atoms with Gasteiger partial charge in [0.25, 0.3) is 0 Å². The van der Waals surface area contributed by atoms with Gasteiger partial charge in [0.05, 0.1) is 0 Å². The van der Waals surface area contributed by atoms with E-state index in [0.717, 1.165) is 5.56 Å². The number of benzene rings is 1. The molecule has 0 heterocycles. The summed E-state index contributed by atoms with van der Waals surface area (Å²) in [6.07, 6.45) is 0. The van der Waals surface area contributed by atoms with Crippen molar-refractivity contribution in [2.75, 3.05) is 0 Å². The van der Waals surface area contributed by atoms with Gasteiger partial charge in [0.2, 0.25) is 0 Å². The molecule has 0 spiro atoms. The van der Waals surface area contributed by atoms with Crippen LogP contribution in [0.5, 0.6) is 0 Å². The minimum absolute atomic E-state index is 0. The van der Waals surface area contributed by atoms with Crippen LogP contribution in [-0.2, 0) is 0 Å². The van der Waals surface area contributed by atoms with Gasteiger partial charge in [-0.3, -0.25) is 0 Å². The van der Waals surface area contributed by atoms with Crippen molar-refractivity contribution in [3.63, 3.8) is 0 Å². The predicted octanol–water partition coefficient (Wildman–Crippen LogP) is 1.47. The molecule has 0 atom stereocenters. The zero-order valence-electron chi connectivity index (χ0n) is 4.76. The highest BCUT2D eigenvalue weighted by atomic mass is 79.9. The van der Waals surface area contributed by atoms with E-state index in [-0.39, 0.29) is 23.1 Å². The van der Waals surface area contributed by atoms with Crippen LogP contribution in [0.3, 0.4) is 0 Å². The fourth-order valence-corrected chi connectivity index (χ4v) is 0.805. The molecule has 0 saturated heterocycles. The summed E-state index contributed by atoms with van der Waals surface area (Å²) in [5, 5.41) is 0. The molecule has 1 aromatic carbocycles. The van der Waals surface area contributed by atoms with Crippen LogP contribution in [-0.4, -0.2) is 23.1 Å². The molecule has 0 aliphatic heterocycles. The van der Waals surface area contributed by atoms with E-state index in [1.807, 2.05) is 30.3 Å². The molecule has 0 unspecified atom stereocenters. The first kappa shape index (κ1) is 10.0. The Balaban J connectivity index is 0.000000810. The second-order valence-electron chi connectivity index (χ2n) is 1.59. The molecule has 0 aliphatic carbocycles. The lowest BCUT2D eigenvalue weighted by atomic mass is 10.2. The van der Waals surface area contributed by atoms with Crippen molar-refractivity contribution in [1.29, 1.82) is 0 Å². The first-order chi connectivity index (χ1) is 4.43. The minimum Gasteiger partial charge on any atom is -0.0622 e. The fourth-order valence-electron chi connectivity index (χ4n) is 0.576. The lowest BCUT2D eigenvalue weighted by molar-refractivity contribution is 1.65. The van der Waals surface area contributed by atoms with Crippen LogP contribution in [0.4, 0.5) is 0 Å². The van der Waals surface area contributed by atoms with E-state index in [9.17, 15) is 0 Å². The Morgan fingerprint density at radius 2 is 1.70 bits per heavy atom. The first-order valence-electron chi connectivity index (χ1n) is 2.60. The van der Waals surface area contributed by atoms with Crippen molar-refractivity contribution in [3.8, 4) is 10.8 Å². The molecule has 0 amide bonds. The van der Waals surface area contributed by atoms with Crippen LogP contribution >= 0.6 is 15.9 Å². The van der Waals surface area contributed by atoms with E-state index >= 15 is 0 Å². The molecule has 0 aromatic heterocycles. The van der Waals surface area contributed by atoms with Crippen LogP contribution in [0.1, 0.15) is 5.56 Å². The van der Waals surface area contributed by atoms with Crippen molar-refractivity contribution in [1.82, 2.24) is 0 Å². The highest BCUT2D eigenvalue weighted by molar-refractivity contribution is 9.12. The average Bonchev–Trinajstić information content (AvgIpc) is 1.91. The summed E-state index contributed by atoms with van der Waals surface area (Å²) in [6, 6.07) is 9.83. The summed E-state index contributed by atoms with van der Waals surface area (Å²) < 4.78 is 0. The smallest absolute Gasteiger partial charge is 0.0622 e. The van der Waals surface area contributed by atoms with Gasteiger partial charge in [-0.1, -0.05) is 24.1 Å². The molecular weight excluding hydrogens is 200 g/mol.